The minimum Gasteiger partial charge on any atom is -0.310 e. The van der Waals surface area contributed by atoms with Crippen molar-refractivity contribution in [1.82, 2.24) is 5.32 Å². The number of benzene rings is 1. The summed E-state index contributed by atoms with van der Waals surface area (Å²) in [5, 5.41) is 3.85. The second-order valence-electron chi connectivity index (χ2n) is 4.10. The van der Waals surface area contributed by atoms with Gasteiger partial charge in [-0.25, -0.2) is 0 Å². The van der Waals surface area contributed by atoms with Gasteiger partial charge >= 0.3 is 0 Å². The topological polar surface area (TPSA) is 32.3 Å². The summed E-state index contributed by atoms with van der Waals surface area (Å²) in [4.78, 5) is 13.8. The summed E-state index contributed by atoms with van der Waals surface area (Å²) in [6.45, 7) is 5.40. The first-order chi connectivity index (χ1) is 7.59. The summed E-state index contributed by atoms with van der Waals surface area (Å²) in [5.74, 6) is 0.122. The molecule has 0 spiro atoms. The summed E-state index contributed by atoms with van der Waals surface area (Å²) in [7, 11) is 0. The maximum Gasteiger partial charge on any atom is 0.243 e. The van der Waals surface area contributed by atoms with E-state index in [1.807, 2.05) is 36.9 Å². The molecular weight excluding hydrogens is 224 g/mol. The first-order valence-electron chi connectivity index (χ1n) is 5.40. The standard InChI is InChI=1S/C12H15ClN2O/c1-8-7-10(13)3-4-11(8)15-6-5-14-9(2)12(15)16/h3-4,7,9,14H,5-6H2,1-2H3. The summed E-state index contributed by atoms with van der Waals surface area (Å²) in [6.07, 6.45) is 0. The SMILES string of the molecule is Cc1cc(Cl)ccc1N1CCNC(C)C1=O. The molecule has 1 amide bonds. The Morgan fingerprint density at radius 1 is 1.50 bits per heavy atom. The highest BCUT2D eigenvalue weighted by molar-refractivity contribution is 6.30. The molecule has 1 aliphatic heterocycles. The van der Waals surface area contributed by atoms with E-state index >= 15 is 0 Å². The lowest BCUT2D eigenvalue weighted by Gasteiger charge is -2.32. The number of carbonyl (C=O) groups excluding carboxylic acids is 1. The second kappa shape index (κ2) is 4.44. The van der Waals surface area contributed by atoms with Crippen LogP contribution in [0, 0.1) is 6.92 Å². The molecule has 86 valence electrons. The molecule has 1 aromatic rings. The van der Waals surface area contributed by atoms with Crippen molar-refractivity contribution < 1.29 is 4.79 Å². The number of anilines is 1. The summed E-state index contributed by atoms with van der Waals surface area (Å²) in [6, 6.07) is 5.51. The molecular formula is C12H15ClN2O. The molecule has 1 atom stereocenters. The van der Waals surface area contributed by atoms with Crippen LogP contribution in [0.3, 0.4) is 0 Å². The van der Waals surface area contributed by atoms with Crippen LogP contribution in [0.4, 0.5) is 5.69 Å². The highest BCUT2D eigenvalue weighted by atomic mass is 35.5. The molecule has 1 heterocycles. The normalized spacial score (nSPS) is 21.3. The molecule has 1 unspecified atom stereocenters. The monoisotopic (exact) mass is 238 g/mol. The highest BCUT2D eigenvalue weighted by Crippen LogP contribution is 2.24. The Hall–Kier alpha value is -1.06. The number of halogens is 1. The molecule has 1 aliphatic rings. The zero-order valence-corrected chi connectivity index (χ0v) is 10.2. The third-order valence-corrected chi connectivity index (χ3v) is 3.11. The third kappa shape index (κ3) is 2.06. The number of piperazine rings is 1. The summed E-state index contributed by atoms with van der Waals surface area (Å²) < 4.78 is 0. The van der Waals surface area contributed by atoms with Gasteiger partial charge in [0.15, 0.2) is 0 Å². The number of nitrogens with one attached hydrogen (secondary N) is 1. The van der Waals surface area contributed by atoms with E-state index in [9.17, 15) is 4.79 Å². The number of hydrogen-bond donors (Lipinski definition) is 1. The number of amides is 1. The fourth-order valence-corrected chi connectivity index (χ4v) is 2.21. The average Bonchev–Trinajstić information content (AvgIpc) is 2.23. The van der Waals surface area contributed by atoms with Gasteiger partial charge in [0.25, 0.3) is 0 Å². The molecule has 3 nitrogen and oxygen atoms in total. The molecule has 1 saturated heterocycles. The Morgan fingerprint density at radius 2 is 2.25 bits per heavy atom. The summed E-state index contributed by atoms with van der Waals surface area (Å²) >= 11 is 5.91. The molecule has 1 aromatic carbocycles. The average molecular weight is 239 g/mol. The highest BCUT2D eigenvalue weighted by Gasteiger charge is 2.26. The summed E-state index contributed by atoms with van der Waals surface area (Å²) in [5.41, 5.74) is 2.00. The van der Waals surface area contributed by atoms with Gasteiger partial charge in [0.1, 0.15) is 0 Å². The zero-order chi connectivity index (χ0) is 11.7. The molecule has 0 saturated carbocycles. The first kappa shape index (κ1) is 11.4. The Kier molecular flexibility index (Phi) is 3.17. The Balaban J connectivity index is 2.32. The Labute approximate surface area is 100 Å². The number of rotatable bonds is 1. The predicted molar refractivity (Wildman–Crippen MR) is 66.0 cm³/mol. The lowest BCUT2D eigenvalue weighted by atomic mass is 10.1. The molecule has 1 N–H and O–H groups in total. The minimum atomic E-state index is -0.108. The Bertz CT molecular complexity index is 419. The van der Waals surface area contributed by atoms with Crippen LogP contribution in [-0.2, 0) is 4.79 Å². The van der Waals surface area contributed by atoms with Crippen LogP contribution in [0.2, 0.25) is 5.02 Å². The van der Waals surface area contributed by atoms with Crippen LogP contribution in [0.15, 0.2) is 18.2 Å². The van der Waals surface area contributed by atoms with Crippen LogP contribution in [0.1, 0.15) is 12.5 Å². The molecule has 16 heavy (non-hydrogen) atoms. The van der Waals surface area contributed by atoms with Gasteiger partial charge in [0.05, 0.1) is 6.04 Å². The molecule has 0 bridgehead atoms. The van der Waals surface area contributed by atoms with Crippen LogP contribution in [0.25, 0.3) is 0 Å². The fraction of sp³-hybridized carbons (Fsp3) is 0.417. The molecule has 1 fully saturated rings. The van der Waals surface area contributed by atoms with Crippen LogP contribution < -0.4 is 10.2 Å². The van der Waals surface area contributed by atoms with E-state index in [4.69, 9.17) is 11.6 Å². The molecule has 0 radical (unpaired) electrons. The van der Waals surface area contributed by atoms with Crippen molar-refractivity contribution in [2.75, 3.05) is 18.0 Å². The Morgan fingerprint density at radius 3 is 2.94 bits per heavy atom. The van der Waals surface area contributed by atoms with Gasteiger partial charge in [0.2, 0.25) is 5.91 Å². The molecule has 4 heteroatoms. The van der Waals surface area contributed by atoms with Gasteiger partial charge in [-0.05, 0) is 37.6 Å². The van der Waals surface area contributed by atoms with Crippen molar-refractivity contribution in [3.8, 4) is 0 Å². The molecule has 0 aromatic heterocycles. The third-order valence-electron chi connectivity index (χ3n) is 2.87. The van der Waals surface area contributed by atoms with Crippen molar-refractivity contribution in [2.24, 2.45) is 0 Å². The number of carbonyl (C=O) groups is 1. The lowest BCUT2D eigenvalue weighted by Crippen LogP contribution is -2.54. The zero-order valence-electron chi connectivity index (χ0n) is 9.46. The molecule has 0 aliphatic carbocycles. The van der Waals surface area contributed by atoms with Gasteiger partial charge < -0.3 is 10.2 Å². The molecule has 2 rings (SSSR count). The van der Waals surface area contributed by atoms with E-state index in [0.29, 0.717) is 11.6 Å². The van der Waals surface area contributed by atoms with E-state index in [1.54, 1.807) is 0 Å². The lowest BCUT2D eigenvalue weighted by molar-refractivity contribution is -0.121. The quantitative estimate of drug-likeness (QED) is 0.812. The van der Waals surface area contributed by atoms with Gasteiger partial charge in [-0.1, -0.05) is 11.6 Å². The van der Waals surface area contributed by atoms with Crippen molar-refractivity contribution >= 4 is 23.2 Å². The maximum absolute atomic E-state index is 12.0. The fourth-order valence-electron chi connectivity index (χ4n) is 1.99. The van der Waals surface area contributed by atoms with Gasteiger partial charge in [0, 0.05) is 23.8 Å². The predicted octanol–water partition coefficient (Wildman–Crippen LogP) is 1.97. The van der Waals surface area contributed by atoms with Crippen molar-refractivity contribution in [3.05, 3.63) is 28.8 Å². The first-order valence-corrected chi connectivity index (χ1v) is 5.78. The second-order valence-corrected chi connectivity index (χ2v) is 4.53. The van der Waals surface area contributed by atoms with Crippen molar-refractivity contribution in [1.29, 1.82) is 0 Å². The van der Waals surface area contributed by atoms with Crippen LogP contribution in [-0.4, -0.2) is 25.0 Å². The van der Waals surface area contributed by atoms with Crippen LogP contribution in [0.5, 0.6) is 0 Å². The van der Waals surface area contributed by atoms with Gasteiger partial charge in [-0.15, -0.1) is 0 Å². The van der Waals surface area contributed by atoms with Crippen molar-refractivity contribution in [2.45, 2.75) is 19.9 Å². The van der Waals surface area contributed by atoms with E-state index in [2.05, 4.69) is 5.32 Å². The number of aryl methyl sites for hydroxylation is 1. The van der Waals surface area contributed by atoms with E-state index in [-0.39, 0.29) is 11.9 Å². The van der Waals surface area contributed by atoms with Gasteiger partial charge in [-0.3, -0.25) is 4.79 Å². The van der Waals surface area contributed by atoms with E-state index in [1.165, 1.54) is 0 Å². The van der Waals surface area contributed by atoms with E-state index in [0.717, 1.165) is 17.8 Å². The maximum atomic E-state index is 12.0. The largest absolute Gasteiger partial charge is 0.310 e. The number of nitrogens with zero attached hydrogens (tertiary/aromatic N) is 1. The smallest absolute Gasteiger partial charge is 0.243 e. The minimum absolute atomic E-state index is 0.108. The van der Waals surface area contributed by atoms with Crippen LogP contribution >= 0.6 is 11.6 Å². The number of hydrogen-bond acceptors (Lipinski definition) is 2. The van der Waals surface area contributed by atoms with Gasteiger partial charge in [-0.2, -0.15) is 0 Å². The van der Waals surface area contributed by atoms with E-state index < -0.39 is 0 Å². The van der Waals surface area contributed by atoms with Crippen molar-refractivity contribution in [3.63, 3.8) is 0 Å².